The first kappa shape index (κ1) is 12.1. The van der Waals surface area contributed by atoms with E-state index in [1.165, 1.54) is 4.68 Å². The first-order valence-electron chi connectivity index (χ1n) is 5.99. The van der Waals surface area contributed by atoms with Gasteiger partial charge in [-0.25, -0.2) is 9.48 Å². The average molecular weight is 266 g/mol. The van der Waals surface area contributed by atoms with E-state index in [4.69, 9.17) is 5.11 Å². The molecule has 0 aliphatic heterocycles. The van der Waals surface area contributed by atoms with Crippen LogP contribution in [0.15, 0.2) is 59.4 Å². The summed E-state index contributed by atoms with van der Waals surface area (Å²) in [4.78, 5) is 23.3. The minimum Gasteiger partial charge on any atom is -0.476 e. The molecule has 1 aromatic heterocycles. The topological polar surface area (TPSA) is 72.2 Å². The molecule has 0 amide bonds. The highest BCUT2D eigenvalue weighted by molar-refractivity contribution is 5.90. The molecule has 3 aromatic rings. The van der Waals surface area contributed by atoms with Crippen molar-refractivity contribution < 1.29 is 9.90 Å². The fraction of sp³-hybridized carbons (Fsp3) is 0. The summed E-state index contributed by atoms with van der Waals surface area (Å²) in [5, 5.41) is 13.4. The maximum atomic E-state index is 12.1. The van der Waals surface area contributed by atoms with Crippen molar-refractivity contribution in [3.05, 3.63) is 70.5 Å². The number of nitrogens with zero attached hydrogens (tertiary/aromatic N) is 2. The van der Waals surface area contributed by atoms with Crippen LogP contribution in [0, 0.1) is 0 Å². The molecule has 20 heavy (non-hydrogen) atoms. The number of para-hydroxylation sites is 2. The number of aromatic nitrogens is 2. The van der Waals surface area contributed by atoms with Crippen LogP contribution in [0.25, 0.3) is 16.6 Å². The van der Waals surface area contributed by atoms with E-state index in [0.717, 1.165) is 0 Å². The lowest BCUT2D eigenvalue weighted by Crippen LogP contribution is -2.22. The number of aromatic carboxylic acids is 1. The van der Waals surface area contributed by atoms with Crippen LogP contribution in [-0.2, 0) is 0 Å². The fourth-order valence-electron chi connectivity index (χ4n) is 2.08. The van der Waals surface area contributed by atoms with Crippen LogP contribution in [-0.4, -0.2) is 20.9 Å². The van der Waals surface area contributed by atoms with Crippen LogP contribution in [0.4, 0.5) is 0 Å². The zero-order valence-corrected chi connectivity index (χ0v) is 10.4. The first-order chi connectivity index (χ1) is 9.68. The molecule has 1 N–H and O–H groups in total. The zero-order valence-electron chi connectivity index (χ0n) is 10.4. The third kappa shape index (κ3) is 1.85. The number of carboxylic acid groups (broad SMARTS) is 1. The highest BCUT2D eigenvalue weighted by Gasteiger charge is 2.16. The van der Waals surface area contributed by atoms with Gasteiger partial charge in [0.1, 0.15) is 0 Å². The highest BCUT2D eigenvalue weighted by atomic mass is 16.4. The molecule has 0 spiro atoms. The Bertz CT molecular complexity index is 854. The molecule has 0 atom stereocenters. The van der Waals surface area contributed by atoms with Gasteiger partial charge in [-0.2, -0.15) is 5.10 Å². The van der Waals surface area contributed by atoms with Crippen molar-refractivity contribution in [1.29, 1.82) is 0 Å². The SMILES string of the molecule is O=C(O)c1nn(-c2ccccc2)c2ccccc2c1=O. The monoisotopic (exact) mass is 266 g/mol. The van der Waals surface area contributed by atoms with Crippen molar-refractivity contribution in [2.45, 2.75) is 0 Å². The van der Waals surface area contributed by atoms with Gasteiger partial charge in [-0.1, -0.05) is 30.3 Å². The summed E-state index contributed by atoms with van der Waals surface area (Å²) in [6.07, 6.45) is 0. The molecule has 0 aliphatic carbocycles. The molecule has 0 saturated heterocycles. The van der Waals surface area contributed by atoms with Crippen LogP contribution in [0.2, 0.25) is 0 Å². The summed E-state index contributed by atoms with van der Waals surface area (Å²) in [5.41, 5.74) is 0.229. The van der Waals surface area contributed by atoms with Crippen molar-refractivity contribution in [1.82, 2.24) is 9.78 Å². The molecular weight excluding hydrogens is 256 g/mol. The molecule has 0 radical (unpaired) electrons. The Morgan fingerprint density at radius 2 is 1.65 bits per heavy atom. The van der Waals surface area contributed by atoms with Crippen LogP contribution in [0.5, 0.6) is 0 Å². The molecule has 0 fully saturated rings. The standard InChI is InChI=1S/C15H10N2O3/c18-14-11-8-4-5-9-12(11)17(16-13(14)15(19)20)10-6-2-1-3-7-10/h1-9H,(H,19,20). The maximum absolute atomic E-state index is 12.1. The molecule has 98 valence electrons. The Hall–Kier alpha value is -2.95. The normalized spacial score (nSPS) is 10.6. The average Bonchev–Trinajstić information content (AvgIpc) is 2.48. The third-order valence-corrected chi connectivity index (χ3v) is 3.00. The van der Waals surface area contributed by atoms with Gasteiger partial charge in [0, 0.05) is 0 Å². The van der Waals surface area contributed by atoms with Crippen LogP contribution >= 0.6 is 0 Å². The van der Waals surface area contributed by atoms with Crippen molar-refractivity contribution in [2.75, 3.05) is 0 Å². The Labute approximate surface area is 113 Å². The van der Waals surface area contributed by atoms with Gasteiger partial charge in [0.25, 0.3) is 0 Å². The number of carbonyl (C=O) groups is 1. The van der Waals surface area contributed by atoms with E-state index in [2.05, 4.69) is 5.10 Å². The summed E-state index contributed by atoms with van der Waals surface area (Å²) >= 11 is 0. The minimum absolute atomic E-state index is 0.337. The Balaban J connectivity index is 2.46. The second kappa shape index (κ2) is 4.62. The minimum atomic E-state index is -1.33. The van der Waals surface area contributed by atoms with Crippen LogP contribution in [0.1, 0.15) is 10.5 Å². The molecule has 3 rings (SSSR count). The van der Waals surface area contributed by atoms with E-state index in [1.54, 1.807) is 36.4 Å². The van der Waals surface area contributed by atoms with Gasteiger partial charge in [0.15, 0.2) is 0 Å². The Morgan fingerprint density at radius 1 is 1.00 bits per heavy atom. The van der Waals surface area contributed by atoms with Crippen molar-refractivity contribution in [3.63, 3.8) is 0 Å². The molecule has 1 heterocycles. The number of hydrogen-bond acceptors (Lipinski definition) is 3. The number of rotatable bonds is 2. The van der Waals surface area contributed by atoms with E-state index < -0.39 is 17.1 Å². The Morgan fingerprint density at radius 3 is 2.35 bits per heavy atom. The molecule has 0 aliphatic rings. The quantitative estimate of drug-likeness (QED) is 0.770. The van der Waals surface area contributed by atoms with Gasteiger partial charge in [-0.05, 0) is 24.3 Å². The summed E-state index contributed by atoms with van der Waals surface area (Å²) in [7, 11) is 0. The van der Waals surface area contributed by atoms with Gasteiger partial charge in [0.2, 0.25) is 11.1 Å². The van der Waals surface area contributed by atoms with Crippen LogP contribution < -0.4 is 5.43 Å². The molecule has 5 heteroatoms. The number of fused-ring (bicyclic) bond motifs is 1. The number of benzene rings is 2. The third-order valence-electron chi connectivity index (χ3n) is 3.00. The summed E-state index contributed by atoms with van der Waals surface area (Å²) in [6, 6.07) is 15.9. The summed E-state index contributed by atoms with van der Waals surface area (Å²) < 4.78 is 1.47. The summed E-state index contributed by atoms with van der Waals surface area (Å²) in [6.45, 7) is 0. The van der Waals surface area contributed by atoms with E-state index in [0.29, 0.717) is 16.6 Å². The van der Waals surface area contributed by atoms with Gasteiger partial charge in [-0.3, -0.25) is 4.79 Å². The molecule has 0 unspecified atom stereocenters. The summed E-state index contributed by atoms with van der Waals surface area (Å²) in [5.74, 6) is -1.33. The highest BCUT2D eigenvalue weighted by Crippen LogP contribution is 2.15. The number of hydrogen-bond donors (Lipinski definition) is 1. The first-order valence-corrected chi connectivity index (χ1v) is 5.99. The van der Waals surface area contributed by atoms with Gasteiger partial charge >= 0.3 is 5.97 Å². The van der Waals surface area contributed by atoms with E-state index >= 15 is 0 Å². The van der Waals surface area contributed by atoms with Crippen molar-refractivity contribution in [3.8, 4) is 5.69 Å². The smallest absolute Gasteiger partial charge is 0.360 e. The van der Waals surface area contributed by atoms with E-state index in [-0.39, 0.29) is 0 Å². The van der Waals surface area contributed by atoms with E-state index in [9.17, 15) is 9.59 Å². The lowest BCUT2D eigenvalue weighted by Gasteiger charge is -2.10. The lowest BCUT2D eigenvalue weighted by molar-refractivity contribution is 0.0687. The van der Waals surface area contributed by atoms with Gasteiger partial charge in [-0.15, -0.1) is 0 Å². The molecule has 5 nitrogen and oxygen atoms in total. The van der Waals surface area contributed by atoms with Gasteiger partial charge < -0.3 is 5.11 Å². The second-order valence-corrected chi connectivity index (χ2v) is 4.25. The predicted molar refractivity (Wildman–Crippen MR) is 74.3 cm³/mol. The molecular formula is C15H10N2O3. The maximum Gasteiger partial charge on any atom is 0.360 e. The van der Waals surface area contributed by atoms with Crippen LogP contribution in [0.3, 0.4) is 0 Å². The Kier molecular flexibility index (Phi) is 2.80. The zero-order chi connectivity index (χ0) is 14.1. The largest absolute Gasteiger partial charge is 0.476 e. The fourth-order valence-corrected chi connectivity index (χ4v) is 2.08. The molecule has 2 aromatic carbocycles. The number of carboxylic acids is 1. The van der Waals surface area contributed by atoms with Crippen molar-refractivity contribution in [2.24, 2.45) is 0 Å². The lowest BCUT2D eigenvalue weighted by atomic mass is 10.2. The van der Waals surface area contributed by atoms with Gasteiger partial charge in [0.05, 0.1) is 16.6 Å². The second-order valence-electron chi connectivity index (χ2n) is 4.25. The van der Waals surface area contributed by atoms with E-state index in [1.807, 2.05) is 18.2 Å². The predicted octanol–water partition coefficient (Wildman–Crippen LogP) is 2.08. The molecule has 0 saturated carbocycles. The molecule has 0 bridgehead atoms. The van der Waals surface area contributed by atoms with Crippen molar-refractivity contribution >= 4 is 16.9 Å².